The van der Waals surface area contributed by atoms with Crippen molar-refractivity contribution in [3.63, 3.8) is 0 Å². The van der Waals surface area contributed by atoms with Crippen LogP contribution in [-0.4, -0.2) is 41.1 Å². The third-order valence-corrected chi connectivity index (χ3v) is 5.79. The lowest BCUT2D eigenvalue weighted by Gasteiger charge is -2.36. The Balaban J connectivity index is 1.59. The second kappa shape index (κ2) is 9.61. The zero-order chi connectivity index (χ0) is 19.9. The lowest BCUT2D eigenvalue weighted by molar-refractivity contribution is 0.105. The van der Waals surface area contributed by atoms with E-state index in [1.807, 2.05) is 11.0 Å². The van der Waals surface area contributed by atoms with Crippen LogP contribution in [-0.2, 0) is 0 Å². The first kappa shape index (κ1) is 20.2. The molecule has 2 aromatic rings. The zero-order valence-corrected chi connectivity index (χ0v) is 15.8. The molecule has 28 heavy (non-hydrogen) atoms. The third-order valence-electron chi connectivity index (χ3n) is 4.85. The van der Waals surface area contributed by atoms with Crippen LogP contribution in [0.3, 0.4) is 0 Å². The smallest absolute Gasteiger partial charge is 0.281 e. The van der Waals surface area contributed by atoms with Gasteiger partial charge in [-0.25, -0.2) is 13.8 Å². The molecule has 0 bridgehead atoms. The van der Waals surface area contributed by atoms with Gasteiger partial charge >= 0.3 is 0 Å². The van der Waals surface area contributed by atoms with Crippen molar-refractivity contribution in [3.05, 3.63) is 45.0 Å². The summed E-state index contributed by atoms with van der Waals surface area (Å²) in [6, 6.07) is 3.24. The first-order valence-corrected chi connectivity index (χ1v) is 9.73. The molecule has 2 aromatic heterocycles. The topological polar surface area (TPSA) is 91.5 Å². The Morgan fingerprint density at radius 3 is 2.89 bits per heavy atom. The normalized spacial score (nSPS) is 16.6. The summed E-state index contributed by atoms with van der Waals surface area (Å²) in [5, 5.41) is 12.0. The standard InChI is InChI=1S/C18H19F2N5O2S/c19-18(20)16-17(28-11-23-16)14(9-24-26)25-5-2-12(3-6-25)10-27-15-1-4-22-8-13(15)7-21/h1,4,8,11-12,14,18H,2-3,5-6,9-10H2. The number of rotatable bonds is 8. The number of hydrogen-bond acceptors (Lipinski definition) is 8. The van der Waals surface area contributed by atoms with Crippen LogP contribution in [0.25, 0.3) is 0 Å². The summed E-state index contributed by atoms with van der Waals surface area (Å²) in [5.74, 6) is 0.783. The Morgan fingerprint density at radius 2 is 2.21 bits per heavy atom. The number of aromatic nitrogens is 2. The number of hydrogen-bond donors (Lipinski definition) is 0. The zero-order valence-electron chi connectivity index (χ0n) is 15.0. The Labute approximate surface area is 165 Å². The van der Waals surface area contributed by atoms with E-state index in [2.05, 4.69) is 15.1 Å². The van der Waals surface area contributed by atoms with E-state index in [1.54, 1.807) is 12.3 Å². The van der Waals surface area contributed by atoms with Crippen molar-refractivity contribution in [2.75, 3.05) is 26.2 Å². The number of likely N-dealkylation sites (tertiary alicyclic amines) is 1. The van der Waals surface area contributed by atoms with Crippen molar-refractivity contribution in [2.45, 2.75) is 25.3 Å². The predicted octanol–water partition coefficient (Wildman–Crippen LogP) is 3.95. The molecule has 0 saturated carbocycles. The summed E-state index contributed by atoms with van der Waals surface area (Å²) in [6.07, 6.45) is 1.96. The molecule has 3 heterocycles. The van der Waals surface area contributed by atoms with E-state index in [1.165, 1.54) is 11.7 Å². The number of nitrogens with zero attached hydrogens (tertiary/aromatic N) is 5. The average Bonchev–Trinajstić information content (AvgIpc) is 3.21. The van der Waals surface area contributed by atoms with Crippen LogP contribution >= 0.6 is 11.3 Å². The van der Waals surface area contributed by atoms with E-state index in [4.69, 9.17) is 10.00 Å². The predicted molar refractivity (Wildman–Crippen MR) is 99.2 cm³/mol. The molecule has 148 valence electrons. The maximum absolute atomic E-state index is 13.2. The summed E-state index contributed by atoms with van der Waals surface area (Å²) >= 11 is 1.14. The Hall–Kier alpha value is -2.51. The van der Waals surface area contributed by atoms with Gasteiger partial charge in [0.1, 0.15) is 29.6 Å². The van der Waals surface area contributed by atoms with Gasteiger partial charge in [0.05, 0.1) is 23.0 Å². The third kappa shape index (κ3) is 4.66. The maximum atomic E-state index is 13.2. The minimum Gasteiger partial charge on any atom is -0.492 e. The van der Waals surface area contributed by atoms with Crippen LogP contribution in [0.2, 0.25) is 0 Å². The molecule has 0 aromatic carbocycles. The molecule has 3 rings (SSSR count). The molecule has 1 atom stereocenters. The number of nitroso groups, excluding NO2 is 1. The fourth-order valence-corrected chi connectivity index (χ4v) is 4.27. The first-order chi connectivity index (χ1) is 13.6. The summed E-state index contributed by atoms with van der Waals surface area (Å²) < 4.78 is 32.2. The van der Waals surface area contributed by atoms with Crippen LogP contribution in [0.4, 0.5) is 8.78 Å². The van der Waals surface area contributed by atoms with E-state index in [0.717, 1.165) is 24.2 Å². The number of nitriles is 1. The molecule has 0 amide bonds. The van der Waals surface area contributed by atoms with Gasteiger partial charge in [-0.3, -0.25) is 9.88 Å². The average molecular weight is 407 g/mol. The Kier molecular flexibility index (Phi) is 6.95. The van der Waals surface area contributed by atoms with Crippen molar-refractivity contribution in [2.24, 2.45) is 11.1 Å². The van der Waals surface area contributed by atoms with E-state index in [-0.39, 0.29) is 18.2 Å². The van der Waals surface area contributed by atoms with E-state index >= 15 is 0 Å². The number of pyridine rings is 1. The van der Waals surface area contributed by atoms with Crippen molar-refractivity contribution < 1.29 is 13.5 Å². The van der Waals surface area contributed by atoms with Gasteiger partial charge in [0.2, 0.25) is 0 Å². The van der Waals surface area contributed by atoms with Crippen LogP contribution in [0.5, 0.6) is 5.75 Å². The van der Waals surface area contributed by atoms with Crippen LogP contribution < -0.4 is 4.74 Å². The summed E-state index contributed by atoms with van der Waals surface area (Å²) in [6.45, 7) is 1.68. The molecule has 1 aliphatic rings. The molecule has 7 nitrogen and oxygen atoms in total. The summed E-state index contributed by atoms with van der Waals surface area (Å²) in [4.78, 5) is 21.0. The molecule has 1 fully saturated rings. The Morgan fingerprint density at radius 1 is 1.43 bits per heavy atom. The van der Waals surface area contributed by atoms with E-state index < -0.39 is 12.5 Å². The molecule has 10 heteroatoms. The number of piperidine rings is 1. The van der Waals surface area contributed by atoms with Gasteiger partial charge < -0.3 is 4.74 Å². The second-order valence-corrected chi connectivity index (χ2v) is 7.39. The fraction of sp³-hybridized carbons (Fsp3) is 0.500. The molecule has 1 saturated heterocycles. The summed E-state index contributed by atoms with van der Waals surface area (Å²) in [5.41, 5.74) is 1.52. The van der Waals surface area contributed by atoms with Gasteiger partial charge in [-0.1, -0.05) is 5.18 Å². The summed E-state index contributed by atoms with van der Waals surface area (Å²) in [7, 11) is 0. The van der Waals surface area contributed by atoms with Gasteiger partial charge in [0.15, 0.2) is 0 Å². The SMILES string of the molecule is N#Cc1cnccc1OCC1CCN(C(CN=O)c2scnc2C(F)F)CC1. The van der Waals surface area contributed by atoms with Gasteiger partial charge in [-0.05, 0) is 37.9 Å². The Bertz CT molecular complexity index is 833. The highest BCUT2D eigenvalue weighted by molar-refractivity contribution is 7.09. The van der Waals surface area contributed by atoms with Gasteiger partial charge in [-0.15, -0.1) is 11.3 Å². The number of thiazole rings is 1. The van der Waals surface area contributed by atoms with E-state index in [0.29, 0.717) is 35.9 Å². The first-order valence-electron chi connectivity index (χ1n) is 8.85. The molecular weight excluding hydrogens is 388 g/mol. The minimum atomic E-state index is -2.67. The van der Waals surface area contributed by atoms with Gasteiger partial charge in [-0.2, -0.15) is 10.2 Å². The molecule has 1 aliphatic heterocycles. The molecule has 0 N–H and O–H groups in total. The van der Waals surface area contributed by atoms with E-state index in [9.17, 15) is 13.7 Å². The van der Waals surface area contributed by atoms with Crippen molar-refractivity contribution in [1.29, 1.82) is 5.26 Å². The minimum absolute atomic E-state index is 0.0778. The fourth-order valence-electron chi connectivity index (χ4n) is 3.34. The van der Waals surface area contributed by atoms with Crippen molar-refractivity contribution in [1.82, 2.24) is 14.9 Å². The number of alkyl halides is 2. The highest BCUT2D eigenvalue weighted by Gasteiger charge is 2.31. The van der Waals surface area contributed by atoms with Crippen LogP contribution in [0.1, 0.15) is 41.4 Å². The van der Waals surface area contributed by atoms with Gasteiger partial charge in [0, 0.05) is 12.4 Å². The number of ether oxygens (including phenoxy) is 1. The molecule has 1 unspecified atom stereocenters. The van der Waals surface area contributed by atoms with Crippen molar-refractivity contribution >= 4 is 11.3 Å². The lowest BCUT2D eigenvalue weighted by Crippen LogP contribution is -2.39. The monoisotopic (exact) mass is 407 g/mol. The number of halogens is 2. The van der Waals surface area contributed by atoms with Gasteiger partial charge in [0.25, 0.3) is 6.43 Å². The molecular formula is C18H19F2N5O2S. The maximum Gasteiger partial charge on any atom is 0.281 e. The van der Waals surface area contributed by atoms with Crippen LogP contribution in [0, 0.1) is 22.2 Å². The lowest BCUT2D eigenvalue weighted by atomic mass is 9.96. The largest absolute Gasteiger partial charge is 0.492 e. The molecule has 0 radical (unpaired) electrons. The highest BCUT2D eigenvalue weighted by Crippen LogP contribution is 2.35. The molecule has 0 spiro atoms. The van der Waals surface area contributed by atoms with Crippen molar-refractivity contribution in [3.8, 4) is 11.8 Å². The molecule has 0 aliphatic carbocycles. The quantitative estimate of drug-likeness (QED) is 0.616. The highest BCUT2D eigenvalue weighted by atomic mass is 32.1. The second-order valence-electron chi connectivity index (χ2n) is 6.50. The van der Waals surface area contributed by atoms with Crippen LogP contribution in [0.15, 0.2) is 29.1 Å².